The average Bonchev–Trinajstić information content (AvgIpc) is 2.67. The molecule has 0 radical (unpaired) electrons. The topological polar surface area (TPSA) is 66.5 Å². The number of anilines is 1. The van der Waals surface area contributed by atoms with E-state index in [2.05, 4.69) is 5.32 Å². The number of benzene rings is 1. The predicted octanol–water partition coefficient (Wildman–Crippen LogP) is 4.80. The summed E-state index contributed by atoms with van der Waals surface area (Å²) in [6.45, 7) is 5.00. The van der Waals surface area contributed by atoms with Gasteiger partial charge in [-0.05, 0) is 49.4 Å². The van der Waals surface area contributed by atoms with Crippen LogP contribution < -0.4 is 5.32 Å². The highest BCUT2D eigenvalue weighted by Gasteiger charge is 2.23. The van der Waals surface area contributed by atoms with Gasteiger partial charge >= 0.3 is 0 Å². The lowest BCUT2D eigenvalue weighted by Crippen LogP contribution is -2.32. The molecule has 0 atom stereocenters. The molecule has 0 bridgehead atoms. The lowest BCUT2D eigenvalue weighted by Gasteiger charge is -2.21. The molecular formula is C21H34N2O3S. The molecule has 0 aromatic heterocycles. The van der Waals surface area contributed by atoms with Crippen molar-refractivity contribution in [3.8, 4) is 0 Å². The van der Waals surface area contributed by atoms with Gasteiger partial charge in [-0.25, -0.2) is 8.42 Å². The second kappa shape index (κ2) is 10.8. The first-order valence-corrected chi connectivity index (χ1v) is 11.8. The van der Waals surface area contributed by atoms with Crippen molar-refractivity contribution in [3.63, 3.8) is 0 Å². The second-order valence-corrected chi connectivity index (χ2v) is 9.46. The van der Waals surface area contributed by atoms with Crippen molar-refractivity contribution in [2.45, 2.75) is 76.5 Å². The normalized spacial score (nSPS) is 15.8. The minimum Gasteiger partial charge on any atom is -0.326 e. The molecule has 0 unspecified atom stereocenters. The van der Waals surface area contributed by atoms with Crippen LogP contribution in [0.2, 0.25) is 0 Å². The molecule has 1 fully saturated rings. The molecular weight excluding hydrogens is 360 g/mol. The Bertz CT molecular complexity index is 674. The smallest absolute Gasteiger partial charge is 0.243 e. The van der Waals surface area contributed by atoms with Crippen LogP contribution in [-0.2, 0) is 14.8 Å². The SMILES string of the molecule is CCCN(CCC)S(=O)(=O)c1ccc(NC(=O)CCC2CCCCC2)cc1. The minimum absolute atomic E-state index is 0.00905. The summed E-state index contributed by atoms with van der Waals surface area (Å²) in [6, 6.07) is 6.54. The number of hydrogen-bond acceptors (Lipinski definition) is 3. The Morgan fingerprint density at radius 3 is 2.19 bits per heavy atom. The Hall–Kier alpha value is -1.40. The van der Waals surface area contributed by atoms with E-state index in [1.165, 1.54) is 36.4 Å². The van der Waals surface area contributed by atoms with Gasteiger partial charge in [0.15, 0.2) is 0 Å². The van der Waals surface area contributed by atoms with Crippen LogP contribution in [0.15, 0.2) is 29.2 Å². The first-order chi connectivity index (χ1) is 13.0. The third kappa shape index (κ3) is 6.61. The summed E-state index contributed by atoms with van der Waals surface area (Å²) in [5, 5.41) is 2.89. The first kappa shape index (κ1) is 21.9. The van der Waals surface area contributed by atoms with Crippen LogP contribution in [0.5, 0.6) is 0 Å². The predicted molar refractivity (Wildman–Crippen MR) is 110 cm³/mol. The van der Waals surface area contributed by atoms with Gasteiger partial charge in [-0.2, -0.15) is 4.31 Å². The van der Waals surface area contributed by atoms with Gasteiger partial charge in [0.25, 0.3) is 0 Å². The highest BCUT2D eigenvalue weighted by atomic mass is 32.2. The second-order valence-electron chi connectivity index (χ2n) is 7.52. The molecule has 0 spiro atoms. The molecule has 1 saturated carbocycles. The number of rotatable bonds is 10. The molecule has 1 aromatic rings. The lowest BCUT2D eigenvalue weighted by atomic mass is 9.86. The number of hydrogen-bond donors (Lipinski definition) is 1. The first-order valence-electron chi connectivity index (χ1n) is 10.4. The molecule has 1 aromatic carbocycles. The van der Waals surface area contributed by atoms with Gasteiger partial charge in [0, 0.05) is 25.2 Å². The summed E-state index contributed by atoms with van der Waals surface area (Å²) >= 11 is 0. The maximum absolute atomic E-state index is 12.8. The summed E-state index contributed by atoms with van der Waals surface area (Å²) in [4.78, 5) is 12.5. The monoisotopic (exact) mass is 394 g/mol. The molecule has 0 saturated heterocycles. The van der Waals surface area contributed by atoms with E-state index in [1.807, 2.05) is 13.8 Å². The summed E-state index contributed by atoms with van der Waals surface area (Å²) in [5.74, 6) is 0.690. The Balaban J connectivity index is 1.92. The van der Waals surface area contributed by atoms with Gasteiger partial charge in [-0.3, -0.25) is 4.79 Å². The van der Waals surface area contributed by atoms with Gasteiger partial charge in [0.2, 0.25) is 15.9 Å². The number of carbonyl (C=O) groups is 1. The zero-order valence-corrected chi connectivity index (χ0v) is 17.6. The minimum atomic E-state index is -3.47. The van der Waals surface area contributed by atoms with Crippen LogP contribution in [-0.4, -0.2) is 31.7 Å². The molecule has 0 aliphatic heterocycles. The lowest BCUT2D eigenvalue weighted by molar-refractivity contribution is -0.116. The van der Waals surface area contributed by atoms with Crippen LogP contribution in [0.25, 0.3) is 0 Å². The van der Waals surface area contributed by atoms with Crippen molar-refractivity contribution in [1.82, 2.24) is 4.31 Å². The molecule has 5 nitrogen and oxygen atoms in total. The van der Waals surface area contributed by atoms with Crippen LogP contribution in [0.1, 0.15) is 71.6 Å². The number of carbonyl (C=O) groups excluding carboxylic acids is 1. The fraction of sp³-hybridized carbons (Fsp3) is 0.667. The van der Waals surface area contributed by atoms with E-state index in [0.29, 0.717) is 31.1 Å². The van der Waals surface area contributed by atoms with Crippen molar-refractivity contribution < 1.29 is 13.2 Å². The summed E-state index contributed by atoms with van der Waals surface area (Å²) in [7, 11) is -3.47. The van der Waals surface area contributed by atoms with E-state index in [4.69, 9.17) is 0 Å². The molecule has 2 rings (SSSR count). The van der Waals surface area contributed by atoms with E-state index >= 15 is 0 Å². The maximum Gasteiger partial charge on any atom is 0.243 e. The van der Waals surface area contributed by atoms with E-state index in [0.717, 1.165) is 19.3 Å². The molecule has 1 aliphatic carbocycles. The van der Waals surface area contributed by atoms with Crippen LogP contribution in [0.4, 0.5) is 5.69 Å². The molecule has 27 heavy (non-hydrogen) atoms. The third-order valence-electron chi connectivity index (χ3n) is 5.23. The largest absolute Gasteiger partial charge is 0.326 e. The van der Waals surface area contributed by atoms with Crippen LogP contribution in [0, 0.1) is 5.92 Å². The van der Waals surface area contributed by atoms with E-state index in [1.54, 1.807) is 24.3 Å². The van der Waals surface area contributed by atoms with E-state index < -0.39 is 10.0 Å². The maximum atomic E-state index is 12.8. The van der Waals surface area contributed by atoms with Crippen molar-refractivity contribution in [2.24, 2.45) is 5.92 Å². The number of amides is 1. The molecule has 152 valence electrons. The standard InChI is InChI=1S/C21H34N2O3S/c1-3-16-23(17-4-2)27(25,26)20-13-11-19(12-14-20)22-21(24)15-10-18-8-6-5-7-9-18/h11-14,18H,3-10,15-17H2,1-2H3,(H,22,24). The number of nitrogens with zero attached hydrogens (tertiary/aromatic N) is 1. The zero-order chi connectivity index (χ0) is 19.7. The quantitative estimate of drug-likeness (QED) is 0.620. The molecule has 1 aliphatic rings. The van der Waals surface area contributed by atoms with Gasteiger partial charge in [0.05, 0.1) is 4.90 Å². The van der Waals surface area contributed by atoms with Crippen molar-refractivity contribution in [3.05, 3.63) is 24.3 Å². The molecule has 1 N–H and O–H groups in total. The van der Waals surface area contributed by atoms with Crippen molar-refractivity contribution >= 4 is 21.6 Å². The van der Waals surface area contributed by atoms with Crippen molar-refractivity contribution in [1.29, 1.82) is 0 Å². The number of sulfonamides is 1. The highest BCUT2D eigenvalue weighted by Crippen LogP contribution is 2.27. The Morgan fingerprint density at radius 1 is 1.04 bits per heavy atom. The van der Waals surface area contributed by atoms with Crippen LogP contribution in [0.3, 0.4) is 0 Å². The third-order valence-corrected chi connectivity index (χ3v) is 7.14. The fourth-order valence-corrected chi connectivity index (χ4v) is 5.37. The van der Waals surface area contributed by atoms with E-state index in [9.17, 15) is 13.2 Å². The van der Waals surface area contributed by atoms with Crippen molar-refractivity contribution in [2.75, 3.05) is 18.4 Å². The van der Waals surface area contributed by atoms with E-state index in [-0.39, 0.29) is 10.8 Å². The number of nitrogens with one attached hydrogen (secondary N) is 1. The summed E-state index contributed by atoms with van der Waals surface area (Å²) in [5.41, 5.74) is 0.653. The average molecular weight is 395 g/mol. The molecule has 6 heteroatoms. The Morgan fingerprint density at radius 2 is 1.63 bits per heavy atom. The Kier molecular flexibility index (Phi) is 8.77. The highest BCUT2D eigenvalue weighted by molar-refractivity contribution is 7.89. The van der Waals surface area contributed by atoms with Gasteiger partial charge < -0.3 is 5.32 Å². The Labute approximate surface area is 164 Å². The molecule has 1 amide bonds. The van der Waals surface area contributed by atoms with Crippen LogP contribution >= 0.6 is 0 Å². The summed E-state index contributed by atoms with van der Waals surface area (Å²) < 4.78 is 27.1. The summed E-state index contributed by atoms with van der Waals surface area (Å²) in [6.07, 6.45) is 9.43. The molecule has 0 heterocycles. The van der Waals surface area contributed by atoms with Gasteiger partial charge in [-0.15, -0.1) is 0 Å². The fourth-order valence-electron chi connectivity index (χ4n) is 3.74. The van der Waals surface area contributed by atoms with Gasteiger partial charge in [0.1, 0.15) is 0 Å². The zero-order valence-electron chi connectivity index (χ0n) is 16.7. The van der Waals surface area contributed by atoms with Gasteiger partial charge in [-0.1, -0.05) is 46.0 Å².